The predicted molar refractivity (Wildman–Crippen MR) is 110 cm³/mol. The lowest BCUT2D eigenvalue weighted by atomic mass is 9.96. The lowest BCUT2D eigenvalue weighted by Crippen LogP contribution is -2.35. The summed E-state index contributed by atoms with van der Waals surface area (Å²) in [5.74, 6) is -0.701. The fourth-order valence-corrected chi connectivity index (χ4v) is 3.45. The molecule has 0 aliphatic carbocycles. The highest BCUT2D eigenvalue weighted by Gasteiger charge is 2.19. The third-order valence-corrected chi connectivity index (χ3v) is 4.58. The van der Waals surface area contributed by atoms with Crippen LogP contribution in [0.25, 0.3) is 21.5 Å². The van der Waals surface area contributed by atoms with E-state index < -0.39 is 0 Å². The maximum Gasteiger partial charge on any atom is 0.320 e. The molecule has 3 aromatic carbocycles. The fourth-order valence-electron chi connectivity index (χ4n) is 3.45. The van der Waals surface area contributed by atoms with E-state index in [2.05, 4.69) is 30.3 Å². The highest BCUT2D eigenvalue weighted by Crippen LogP contribution is 2.29. The second-order valence-corrected chi connectivity index (χ2v) is 6.55. The highest BCUT2D eigenvalue weighted by molar-refractivity contribution is 6.02. The number of esters is 2. The third-order valence-electron chi connectivity index (χ3n) is 4.58. The maximum atomic E-state index is 12.1. The van der Waals surface area contributed by atoms with Gasteiger partial charge in [0.15, 0.2) is 0 Å². The van der Waals surface area contributed by atoms with E-state index in [1.165, 1.54) is 0 Å². The van der Waals surface area contributed by atoms with Crippen molar-refractivity contribution in [1.29, 1.82) is 0 Å². The van der Waals surface area contributed by atoms with E-state index in [0.717, 1.165) is 27.1 Å². The fraction of sp³-hybridized carbons (Fsp3) is 0.304. The highest BCUT2D eigenvalue weighted by atomic mass is 16.5. The molecular formula is C23H25NO4. The summed E-state index contributed by atoms with van der Waals surface area (Å²) in [4.78, 5) is 26.0. The summed E-state index contributed by atoms with van der Waals surface area (Å²) in [6, 6.07) is 18.5. The molecule has 5 nitrogen and oxygen atoms in total. The van der Waals surface area contributed by atoms with Gasteiger partial charge in [-0.3, -0.25) is 14.5 Å². The summed E-state index contributed by atoms with van der Waals surface area (Å²) < 4.78 is 10.2. The molecule has 0 saturated heterocycles. The Morgan fingerprint density at radius 2 is 1.25 bits per heavy atom. The second-order valence-electron chi connectivity index (χ2n) is 6.55. The van der Waals surface area contributed by atoms with E-state index in [4.69, 9.17) is 9.47 Å². The van der Waals surface area contributed by atoms with E-state index >= 15 is 0 Å². The number of ether oxygens (including phenoxy) is 2. The number of hydrogen-bond acceptors (Lipinski definition) is 5. The Morgan fingerprint density at radius 1 is 0.786 bits per heavy atom. The molecule has 0 fully saturated rings. The molecule has 0 amide bonds. The van der Waals surface area contributed by atoms with Gasteiger partial charge < -0.3 is 9.47 Å². The molecule has 146 valence electrons. The minimum atomic E-state index is -0.351. The van der Waals surface area contributed by atoms with Gasteiger partial charge in [-0.2, -0.15) is 0 Å². The normalized spacial score (nSPS) is 11.1. The molecule has 0 unspecified atom stereocenters. The maximum absolute atomic E-state index is 12.1. The van der Waals surface area contributed by atoms with Crippen LogP contribution in [0.2, 0.25) is 0 Å². The van der Waals surface area contributed by atoms with Crippen LogP contribution >= 0.6 is 0 Å². The Labute approximate surface area is 164 Å². The monoisotopic (exact) mass is 379 g/mol. The van der Waals surface area contributed by atoms with Gasteiger partial charge >= 0.3 is 11.9 Å². The Morgan fingerprint density at radius 3 is 1.71 bits per heavy atom. The standard InChI is InChI=1S/C23H25NO4/c1-3-27-22(25)15-24(16-23(26)28-4-2)14-21-19-11-7-5-9-17(19)13-18-10-6-8-12-20(18)21/h5-13H,3-4,14-16H2,1-2H3. The summed E-state index contributed by atoms with van der Waals surface area (Å²) in [5.41, 5.74) is 1.09. The summed E-state index contributed by atoms with van der Waals surface area (Å²) in [7, 11) is 0. The van der Waals surface area contributed by atoms with Crippen LogP contribution in [-0.4, -0.2) is 43.1 Å². The number of carbonyl (C=O) groups is 2. The second kappa shape index (κ2) is 9.33. The summed E-state index contributed by atoms with van der Waals surface area (Å²) in [6.07, 6.45) is 0. The first kappa shape index (κ1) is 19.8. The predicted octanol–water partition coefficient (Wildman–Crippen LogP) is 3.92. The molecule has 0 aliphatic heterocycles. The zero-order valence-corrected chi connectivity index (χ0v) is 16.3. The molecule has 0 atom stereocenters. The zero-order valence-electron chi connectivity index (χ0n) is 16.3. The largest absolute Gasteiger partial charge is 0.465 e. The van der Waals surface area contributed by atoms with E-state index in [1.54, 1.807) is 18.7 Å². The third kappa shape index (κ3) is 4.67. The number of rotatable bonds is 8. The van der Waals surface area contributed by atoms with Gasteiger partial charge in [0.05, 0.1) is 26.3 Å². The quantitative estimate of drug-likeness (QED) is 0.439. The van der Waals surface area contributed by atoms with Crippen molar-refractivity contribution in [3.8, 4) is 0 Å². The average Bonchev–Trinajstić information content (AvgIpc) is 2.68. The van der Waals surface area contributed by atoms with E-state index in [-0.39, 0.29) is 25.0 Å². The Balaban J connectivity index is 2.01. The molecule has 3 rings (SSSR count). The summed E-state index contributed by atoms with van der Waals surface area (Å²) >= 11 is 0. The number of hydrogen-bond donors (Lipinski definition) is 0. The first-order chi connectivity index (χ1) is 13.6. The molecule has 0 spiro atoms. The first-order valence-electron chi connectivity index (χ1n) is 9.55. The van der Waals surface area contributed by atoms with E-state index in [9.17, 15) is 9.59 Å². The van der Waals surface area contributed by atoms with Crippen LogP contribution in [0, 0.1) is 0 Å². The Hall–Kier alpha value is -2.92. The smallest absolute Gasteiger partial charge is 0.320 e. The van der Waals surface area contributed by atoms with Gasteiger partial charge in [-0.1, -0.05) is 48.5 Å². The number of nitrogens with zero attached hydrogens (tertiary/aromatic N) is 1. The van der Waals surface area contributed by atoms with Gasteiger partial charge in [-0.25, -0.2) is 0 Å². The van der Waals surface area contributed by atoms with E-state index in [0.29, 0.717) is 19.8 Å². The molecular weight excluding hydrogens is 354 g/mol. The molecule has 28 heavy (non-hydrogen) atoms. The molecule has 5 heteroatoms. The van der Waals surface area contributed by atoms with Gasteiger partial charge in [-0.15, -0.1) is 0 Å². The molecule has 0 aliphatic rings. The zero-order chi connectivity index (χ0) is 19.9. The van der Waals surface area contributed by atoms with Crippen molar-refractivity contribution >= 4 is 33.5 Å². The van der Waals surface area contributed by atoms with Gasteiger partial charge in [0.25, 0.3) is 0 Å². The van der Waals surface area contributed by atoms with Crippen molar-refractivity contribution in [3.05, 3.63) is 60.2 Å². The topological polar surface area (TPSA) is 55.8 Å². The van der Waals surface area contributed by atoms with Crippen molar-refractivity contribution in [3.63, 3.8) is 0 Å². The molecule has 0 heterocycles. The SMILES string of the molecule is CCOC(=O)CN(CC(=O)OCC)Cc1c2ccccc2cc2ccccc12. The Kier molecular flexibility index (Phi) is 6.61. The molecule has 0 bridgehead atoms. The van der Waals surface area contributed by atoms with Crippen molar-refractivity contribution in [2.24, 2.45) is 0 Å². The lowest BCUT2D eigenvalue weighted by Gasteiger charge is -2.22. The lowest BCUT2D eigenvalue weighted by molar-refractivity contribution is -0.148. The summed E-state index contributed by atoms with van der Waals surface area (Å²) in [5, 5.41) is 4.48. The molecule has 0 saturated carbocycles. The minimum absolute atomic E-state index is 0.0319. The molecule has 0 aromatic heterocycles. The molecule has 3 aromatic rings. The van der Waals surface area contributed by atoms with Crippen molar-refractivity contribution in [1.82, 2.24) is 4.90 Å². The van der Waals surface area contributed by atoms with Gasteiger partial charge in [0.1, 0.15) is 0 Å². The van der Waals surface area contributed by atoms with Crippen LogP contribution in [0.3, 0.4) is 0 Å². The molecule has 0 N–H and O–H groups in total. The van der Waals surface area contributed by atoms with Crippen molar-refractivity contribution in [2.45, 2.75) is 20.4 Å². The first-order valence-corrected chi connectivity index (χ1v) is 9.55. The van der Waals surface area contributed by atoms with Crippen LogP contribution in [0.5, 0.6) is 0 Å². The summed E-state index contributed by atoms with van der Waals surface area (Å²) in [6.45, 7) is 4.66. The van der Waals surface area contributed by atoms with Crippen LogP contribution in [0.15, 0.2) is 54.6 Å². The van der Waals surface area contributed by atoms with Gasteiger partial charge in [0.2, 0.25) is 0 Å². The molecule has 0 radical (unpaired) electrons. The Bertz CT molecular complexity index is 909. The van der Waals surface area contributed by atoms with Gasteiger partial charge in [-0.05, 0) is 47.0 Å². The van der Waals surface area contributed by atoms with Crippen LogP contribution in [0.1, 0.15) is 19.4 Å². The van der Waals surface area contributed by atoms with Crippen molar-refractivity contribution in [2.75, 3.05) is 26.3 Å². The number of benzene rings is 3. The van der Waals surface area contributed by atoms with Crippen LogP contribution < -0.4 is 0 Å². The van der Waals surface area contributed by atoms with Gasteiger partial charge in [0, 0.05) is 6.54 Å². The minimum Gasteiger partial charge on any atom is -0.465 e. The van der Waals surface area contributed by atoms with E-state index in [1.807, 2.05) is 24.3 Å². The average molecular weight is 379 g/mol. The van der Waals surface area contributed by atoms with Crippen molar-refractivity contribution < 1.29 is 19.1 Å². The van der Waals surface area contributed by atoms with Crippen LogP contribution in [0.4, 0.5) is 0 Å². The van der Waals surface area contributed by atoms with Crippen LogP contribution in [-0.2, 0) is 25.6 Å². The number of fused-ring (bicyclic) bond motifs is 2. The number of carbonyl (C=O) groups excluding carboxylic acids is 2.